The van der Waals surface area contributed by atoms with Gasteiger partial charge in [0.25, 0.3) is 11.8 Å². The monoisotopic (exact) mass is 354 g/mol. The number of carbonyl (C=O) groups is 1. The number of nitrogens with zero attached hydrogens (tertiary/aromatic N) is 3. The molecule has 0 aliphatic heterocycles. The molecule has 3 rings (SSSR count). The third-order valence-electron chi connectivity index (χ3n) is 3.63. The zero-order chi connectivity index (χ0) is 17.8. The minimum absolute atomic E-state index is 0.0765. The maximum Gasteiger partial charge on any atom is 0.322 e. The van der Waals surface area contributed by atoms with Crippen molar-refractivity contribution >= 4 is 29.4 Å². The highest BCUT2D eigenvalue weighted by Crippen LogP contribution is 2.29. The zero-order valence-corrected chi connectivity index (χ0v) is 15.0. The van der Waals surface area contributed by atoms with Gasteiger partial charge in [-0.3, -0.25) is 10.1 Å². The van der Waals surface area contributed by atoms with Gasteiger partial charge in [-0.05, 0) is 42.7 Å². The van der Waals surface area contributed by atoms with Crippen LogP contribution in [0.2, 0.25) is 0 Å². The van der Waals surface area contributed by atoms with Gasteiger partial charge in [-0.1, -0.05) is 17.2 Å². The Morgan fingerprint density at radius 3 is 2.48 bits per heavy atom. The normalized spacial score (nSPS) is 10.5. The topological polar surface area (TPSA) is 71.3 Å². The van der Waals surface area contributed by atoms with Crippen molar-refractivity contribution in [2.45, 2.75) is 4.90 Å². The number of amides is 1. The molecule has 0 bridgehead atoms. The zero-order valence-electron chi connectivity index (χ0n) is 14.2. The van der Waals surface area contributed by atoms with Crippen LogP contribution in [0.1, 0.15) is 10.4 Å². The van der Waals surface area contributed by atoms with Crippen LogP contribution in [0, 0.1) is 0 Å². The SMILES string of the molecule is CSc1ccccc1-c1nnc(NC(=O)c2ccc(N(C)C)cc2)o1. The molecule has 0 aliphatic carbocycles. The fraction of sp³-hybridized carbons (Fsp3) is 0.167. The summed E-state index contributed by atoms with van der Waals surface area (Å²) in [6, 6.07) is 15.1. The average Bonchev–Trinajstić information content (AvgIpc) is 3.10. The van der Waals surface area contributed by atoms with Crippen molar-refractivity contribution < 1.29 is 9.21 Å². The molecular weight excluding hydrogens is 336 g/mol. The molecule has 1 amide bonds. The van der Waals surface area contributed by atoms with Crippen molar-refractivity contribution in [1.82, 2.24) is 10.2 Å². The van der Waals surface area contributed by atoms with Crippen LogP contribution < -0.4 is 10.2 Å². The molecule has 25 heavy (non-hydrogen) atoms. The Kier molecular flexibility index (Phi) is 5.04. The molecule has 0 saturated heterocycles. The number of nitrogens with one attached hydrogen (secondary N) is 1. The van der Waals surface area contributed by atoms with E-state index in [1.807, 2.05) is 61.6 Å². The largest absolute Gasteiger partial charge is 0.403 e. The number of thioether (sulfide) groups is 1. The quantitative estimate of drug-likeness (QED) is 0.703. The highest BCUT2D eigenvalue weighted by molar-refractivity contribution is 7.98. The van der Waals surface area contributed by atoms with Gasteiger partial charge in [0.2, 0.25) is 0 Å². The van der Waals surface area contributed by atoms with E-state index >= 15 is 0 Å². The van der Waals surface area contributed by atoms with Crippen molar-refractivity contribution in [3.05, 3.63) is 54.1 Å². The van der Waals surface area contributed by atoms with Gasteiger partial charge in [-0.15, -0.1) is 16.9 Å². The molecule has 0 aliphatic rings. The predicted molar refractivity (Wildman–Crippen MR) is 100 cm³/mol. The number of hydrogen-bond acceptors (Lipinski definition) is 6. The van der Waals surface area contributed by atoms with E-state index in [9.17, 15) is 4.79 Å². The van der Waals surface area contributed by atoms with Gasteiger partial charge in [-0.25, -0.2) is 0 Å². The van der Waals surface area contributed by atoms with E-state index in [1.54, 1.807) is 23.9 Å². The molecule has 1 aromatic heterocycles. The highest BCUT2D eigenvalue weighted by Gasteiger charge is 2.14. The maximum absolute atomic E-state index is 12.3. The third kappa shape index (κ3) is 3.83. The standard InChI is InChI=1S/C18H18N4O2S/c1-22(2)13-10-8-12(9-11-13)16(23)19-18-21-20-17(24-18)14-6-4-5-7-15(14)25-3/h4-11H,1-3H3,(H,19,21,23). The minimum Gasteiger partial charge on any atom is -0.403 e. The van der Waals surface area contributed by atoms with E-state index in [2.05, 4.69) is 15.5 Å². The summed E-state index contributed by atoms with van der Waals surface area (Å²) < 4.78 is 5.59. The Labute approximate surface area is 150 Å². The van der Waals surface area contributed by atoms with Gasteiger partial charge in [0.15, 0.2) is 0 Å². The van der Waals surface area contributed by atoms with Crippen LogP contribution in [0.25, 0.3) is 11.5 Å². The van der Waals surface area contributed by atoms with E-state index < -0.39 is 0 Å². The molecule has 7 heteroatoms. The molecule has 0 fully saturated rings. The van der Waals surface area contributed by atoms with Crippen molar-refractivity contribution in [2.24, 2.45) is 0 Å². The molecule has 2 aromatic carbocycles. The van der Waals surface area contributed by atoms with E-state index in [-0.39, 0.29) is 11.9 Å². The summed E-state index contributed by atoms with van der Waals surface area (Å²) >= 11 is 1.59. The van der Waals surface area contributed by atoms with Crippen LogP contribution in [-0.4, -0.2) is 36.5 Å². The number of aromatic nitrogens is 2. The summed E-state index contributed by atoms with van der Waals surface area (Å²) in [6.07, 6.45) is 1.98. The van der Waals surface area contributed by atoms with Crippen molar-refractivity contribution in [3.63, 3.8) is 0 Å². The van der Waals surface area contributed by atoms with E-state index in [0.717, 1.165) is 16.1 Å². The summed E-state index contributed by atoms with van der Waals surface area (Å²) in [5.74, 6) is 0.0851. The molecule has 0 saturated carbocycles. The van der Waals surface area contributed by atoms with Crippen LogP contribution in [-0.2, 0) is 0 Å². The van der Waals surface area contributed by atoms with Crippen molar-refractivity contribution in [1.29, 1.82) is 0 Å². The average molecular weight is 354 g/mol. The number of benzene rings is 2. The smallest absolute Gasteiger partial charge is 0.322 e. The third-order valence-corrected chi connectivity index (χ3v) is 4.42. The summed E-state index contributed by atoms with van der Waals surface area (Å²) in [4.78, 5) is 15.3. The fourth-order valence-electron chi connectivity index (χ4n) is 2.28. The van der Waals surface area contributed by atoms with Gasteiger partial charge in [0.05, 0.1) is 5.56 Å². The number of hydrogen-bond donors (Lipinski definition) is 1. The number of carbonyl (C=O) groups excluding carboxylic acids is 1. The Morgan fingerprint density at radius 1 is 1.08 bits per heavy atom. The maximum atomic E-state index is 12.3. The summed E-state index contributed by atoms with van der Waals surface area (Å²) in [7, 11) is 3.89. The lowest BCUT2D eigenvalue weighted by Gasteiger charge is -2.12. The van der Waals surface area contributed by atoms with Gasteiger partial charge in [0, 0.05) is 30.2 Å². The highest BCUT2D eigenvalue weighted by atomic mass is 32.2. The van der Waals surface area contributed by atoms with Crippen LogP contribution in [0.4, 0.5) is 11.7 Å². The fourth-order valence-corrected chi connectivity index (χ4v) is 2.87. The van der Waals surface area contributed by atoms with Crippen LogP contribution >= 0.6 is 11.8 Å². The van der Waals surface area contributed by atoms with Crippen LogP contribution in [0.5, 0.6) is 0 Å². The van der Waals surface area contributed by atoms with Crippen LogP contribution in [0.15, 0.2) is 57.8 Å². The first kappa shape index (κ1) is 17.0. The number of rotatable bonds is 5. The lowest BCUT2D eigenvalue weighted by Crippen LogP contribution is -2.13. The van der Waals surface area contributed by atoms with E-state index in [0.29, 0.717) is 11.5 Å². The molecule has 0 radical (unpaired) electrons. The van der Waals surface area contributed by atoms with E-state index in [4.69, 9.17) is 4.42 Å². The van der Waals surface area contributed by atoms with Gasteiger partial charge in [0.1, 0.15) is 0 Å². The first-order valence-electron chi connectivity index (χ1n) is 7.64. The van der Waals surface area contributed by atoms with Crippen LogP contribution in [0.3, 0.4) is 0 Å². The summed E-state index contributed by atoms with van der Waals surface area (Å²) in [5.41, 5.74) is 2.39. The van der Waals surface area contributed by atoms with Crippen molar-refractivity contribution in [3.8, 4) is 11.5 Å². The first-order chi connectivity index (χ1) is 12.1. The molecule has 0 spiro atoms. The first-order valence-corrected chi connectivity index (χ1v) is 8.86. The Morgan fingerprint density at radius 2 is 1.80 bits per heavy atom. The lowest BCUT2D eigenvalue weighted by molar-refractivity contribution is 0.102. The second-order valence-corrected chi connectivity index (χ2v) is 6.36. The molecule has 128 valence electrons. The Bertz CT molecular complexity index is 875. The molecular formula is C18H18N4O2S. The Balaban J connectivity index is 1.76. The molecule has 1 heterocycles. The minimum atomic E-state index is -0.293. The second kappa shape index (κ2) is 7.40. The lowest BCUT2D eigenvalue weighted by atomic mass is 10.2. The summed E-state index contributed by atoms with van der Waals surface area (Å²) in [5, 5.41) is 10.6. The molecule has 0 unspecified atom stereocenters. The Hall–Kier alpha value is -2.80. The van der Waals surface area contributed by atoms with Gasteiger partial charge in [-0.2, -0.15) is 0 Å². The second-order valence-electron chi connectivity index (χ2n) is 5.51. The molecule has 3 aromatic rings. The van der Waals surface area contributed by atoms with Crippen molar-refractivity contribution in [2.75, 3.05) is 30.6 Å². The molecule has 6 nitrogen and oxygen atoms in total. The van der Waals surface area contributed by atoms with E-state index in [1.165, 1.54) is 0 Å². The molecule has 1 N–H and O–H groups in total. The van der Waals surface area contributed by atoms with Gasteiger partial charge < -0.3 is 9.32 Å². The van der Waals surface area contributed by atoms with Gasteiger partial charge >= 0.3 is 6.01 Å². The summed E-state index contributed by atoms with van der Waals surface area (Å²) in [6.45, 7) is 0. The predicted octanol–water partition coefficient (Wildman–Crippen LogP) is 3.78. The molecule has 0 atom stereocenters. The number of anilines is 2.